The molecule has 0 amide bonds. The van der Waals surface area contributed by atoms with Crippen molar-refractivity contribution < 1.29 is 0 Å². The van der Waals surface area contributed by atoms with E-state index in [1.165, 1.54) is 36.0 Å². The molecular weight excluding hydrogens is 228 g/mol. The third-order valence-electron chi connectivity index (χ3n) is 3.77. The lowest BCUT2D eigenvalue weighted by Gasteiger charge is -2.16. The maximum Gasteiger partial charge on any atom is -0.0184 e. The summed E-state index contributed by atoms with van der Waals surface area (Å²) in [5.41, 5.74) is 6.42. The van der Waals surface area contributed by atoms with E-state index in [2.05, 4.69) is 59.1 Å². The van der Waals surface area contributed by atoms with Gasteiger partial charge in [0.25, 0.3) is 0 Å². The van der Waals surface area contributed by atoms with E-state index in [-0.39, 0.29) is 0 Å². The summed E-state index contributed by atoms with van der Waals surface area (Å²) in [6.45, 7) is 17.2. The van der Waals surface area contributed by atoms with Gasteiger partial charge in [0.15, 0.2) is 0 Å². The van der Waals surface area contributed by atoms with Crippen molar-refractivity contribution in [3.05, 3.63) is 53.6 Å². The molecule has 1 aromatic rings. The Morgan fingerprint density at radius 3 is 2.37 bits per heavy atom. The number of allylic oxidation sites excluding steroid dienone is 2. The van der Waals surface area contributed by atoms with Crippen molar-refractivity contribution >= 4 is 5.57 Å². The Morgan fingerprint density at radius 2 is 1.84 bits per heavy atom. The van der Waals surface area contributed by atoms with Gasteiger partial charge in [-0.2, -0.15) is 0 Å². The molecule has 0 aliphatic carbocycles. The molecule has 1 aromatic carbocycles. The van der Waals surface area contributed by atoms with Crippen molar-refractivity contribution in [3.8, 4) is 0 Å². The predicted octanol–water partition coefficient (Wildman–Crippen LogP) is 6.13. The largest absolute Gasteiger partial charge is 0.0952 e. The fourth-order valence-electron chi connectivity index (χ4n) is 2.33. The van der Waals surface area contributed by atoms with Crippen LogP contribution < -0.4 is 0 Å². The number of hydrogen-bond donors (Lipinski definition) is 0. The van der Waals surface area contributed by atoms with Gasteiger partial charge in [-0.1, -0.05) is 65.5 Å². The highest BCUT2D eigenvalue weighted by molar-refractivity contribution is 5.77. The summed E-state index contributed by atoms with van der Waals surface area (Å²) in [6, 6.07) is 6.81. The molecule has 0 atom stereocenters. The molecule has 0 fully saturated rings. The van der Waals surface area contributed by atoms with Crippen molar-refractivity contribution in [3.63, 3.8) is 0 Å². The SMILES string of the molecule is C=C(CC)C(=C)c1ccc(CCCC)c(C(C)C)c1. The summed E-state index contributed by atoms with van der Waals surface area (Å²) in [7, 11) is 0. The first-order chi connectivity index (χ1) is 9.01. The lowest BCUT2D eigenvalue weighted by Crippen LogP contribution is -1.99. The Labute approximate surface area is 119 Å². The van der Waals surface area contributed by atoms with Crippen LogP contribution in [-0.2, 0) is 6.42 Å². The molecule has 1 rings (SSSR count). The zero-order chi connectivity index (χ0) is 14.4. The van der Waals surface area contributed by atoms with Crippen molar-refractivity contribution in [1.82, 2.24) is 0 Å². The molecule has 0 unspecified atom stereocenters. The van der Waals surface area contributed by atoms with Crippen LogP contribution in [0.2, 0.25) is 0 Å². The van der Waals surface area contributed by atoms with Crippen molar-refractivity contribution in [2.24, 2.45) is 0 Å². The van der Waals surface area contributed by atoms with Crippen molar-refractivity contribution in [1.29, 1.82) is 0 Å². The zero-order valence-electron chi connectivity index (χ0n) is 13.1. The molecule has 0 aliphatic rings. The Morgan fingerprint density at radius 1 is 1.16 bits per heavy atom. The fraction of sp³-hybridized carbons (Fsp3) is 0.474. The van der Waals surface area contributed by atoms with E-state index in [0.29, 0.717) is 5.92 Å². The molecule has 0 N–H and O–H groups in total. The van der Waals surface area contributed by atoms with E-state index in [9.17, 15) is 0 Å². The quantitative estimate of drug-likeness (QED) is 0.515. The molecule has 0 aliphatic heterocycles. The van der Waals surface area contributed by atoms with Gasteiger partial charge in [-0.3, -0.25) is 0 Å². The summed E-state index contributed by atoms with van der Waals surface area (Å²) in [4.78, 5) is 0. The molecule has 0 saturated heterocycles. The number of unbranched alkanes of at least 4 members (excludes halogenated alkanes) is 1. The summed E-state index contributed by atoms with van der Waals surface area (Å²) < 4.78 is 0. The Balaban J connectivity index is 3.08. The highest BCUT2D eigenvalue weighted by atomic mass is 14.1. The van der Waals surface area contributed by atoms with Gasteiger partial charge in [-0.25, -0.2) is 0 Å². The second kappa shape index (κ2) is 7.33. The smallest absolute Gasteiger partial charge is 0.0184 e. The first-order valence-electron chi connectivity index (χ1n) is 7.51. The van der Waals surface area contributed by atoms with Crippen LogP contribution >= 0.6 is 0 Å². The van der Waals surface area contributed by atoms with Crippen molar-refractivity contribution in [2.45, 2.75) is 59.3 Å². The van der Waals surface area contributed by atoms with Crippen LogP contribution in [0.5, 0.6) is 0 Å². The molecule has 0 bridgehead atoms. The lowest BCUT2D eigenvalue weighted by molar-refractivity contribution is 0.767. The minimum Gasteiger partial charge on any atom is -0.0952 e. The van der Waals surface area contributed by atoms with Gasteiger partial charge in [0.1, 0.15) is 0 Å². The van der Waals surface area contributed by atoms with Crippen molar-refractivity contribution in [2.75, 3.05) is 0 Å². The van der Waals surface area contributed by atoms with Crippen LogP contribution in [0.3, 0.4) is 0 Å². The molecule has 104 valence electrons. The lowest BCUT2D eigenvalue weighted by atomic mass is 9.89. The second-order valence-corrected chi connectivity index (χ2v) is 5.61. The molecule has 0 nitrogen and oxygen atoms in total. The topological polar surface area (TPSA) is 0 Å². The predicted molar refractivity (Wildman–Crippen MR) is 87.6 cm³/mol. The number of hydrogen-bond acceptors (Lipinski definition) is 0. The van der Waals surface area contributed by atoms with Gasteiger partial charge in [0, 0.05) is 0 Å². The summed E-state index contributed by atoms with van der Waals surface area (Å²) in [5.74, 6) is 0.564. The fourth-order valence-corrected chi connectivity index (χ4v) is 2.33. The first-order valence-corrected chi connectivity index (χ1v) is 7.51. The minimum absolute atomic E-state index is 0.564. The van der Waals surface area contributed by atoms with Gasteiger partial charge in [-0.15, -0.1) is 0 Å². The Hall–Kier alpha value is -1.30. The average molecular weight is 256 g/mol. The number of benzene rings is 1. The molecule has 19 heavy (non-hydrogen) atoms. The van der Waals surface area contributed by atoms with E-state index < -0.39 is 0 Å². The summed E-state index contributed by atoms with van der Waals surface area (Å²) in [5, 5.41) is 0. The zero-order valence-corrected chi connectivity index (χ0v) is 13.1. The van der Waals surface area contributed by atoms with Crippen LogP contribution in [0.1, 0.15) is 69.6 Å². The average Bonchev–Trinajstić information content (AvgIpc) is 2.43. The minimum atomic E-state index is 0.564. The molecule has 0 heterocycles. The molecule has 0 heteroatoms. The highest BCUT2D eigenvalue weighted by Gasteiger charge is 2.10. The van der Waals surface area contributed by atoms with Gasteiger partial charge in [-0.05, 0) is 53.0 Å². The van der Waals surface area contributed by atoms with Crippen LogP contribution in [0, 0.1) is 0 Å². The highest BCUT2D eigenvalue weighted by Crippen LogP contribution is 2.28. The number of aryl methyl sites for hydroxylation is 1. The summed E-state index contributed by atoms with van der Waals surface area (Å²) >= 11 is 0. The molecule has 0 radical (unpaired) electrons. The van der Waals surface area contributed by atoms with E-state index in [1.54, 1.807) is 0 Å². The van der Waals surface area contributed by atoms with Gasteiger partial charge < -0.3 is 0 Å². The molecule has 0 saturated carbocycles. The van der Waals surface area contributed by atoms with Gasteiger partial charge in [0.05, 0.1) is 0 Å². The van der Waals surface area contributed by atoms with E-state index in [4.69, 9.17) is 0 Å². The third-order valence-corrected chi connectivity index (χ3v) is 3.77. The monoisotopic (exact) mass is 256 g/mol. The van der Waals surface area contributed by atoms with E-state index in [1.807, 2.05) is 0 Å². The van der Waals surface area contributed by atoms with E-state index >= 15 is 0 Å². The second-order valence-electron chi connectivity index (χ2n) is 5.61. The molecule has 0 spiro atoms. The molecular formula is C19H28. The summed E-state index contributed by atoms with van der Waals surface area (Å²) in [6.07, 6.45) is 4.67. The van der Waals surface area contributed by atoms with E-state index in [0.717, 1.165) is 17.6 Å². The Bertz CT molecular complexity index is 449. The van der Waals surface area contributed by atoms with Crippen LogP contribution in [0.15, 0.2) is 36.9 Å². The van der Waals surface area contributed by atoms with Crippen LogP contribution in [0.25, 0.3) is 5.57 Å². The van der Waals surface area contributed by atoms with Gasteiger partial charge in [0.2, 0.25) is 0 Å². The normalized spacial score (nSPS) is 10.8. The first kappa shape index (κ1) is 15.8. The standard InChI is InChI=1S/C19H28/c1-7-9-10-17-11-12-18(13-19(17)14(3)4)16(6)15(5)8-2/h11-14H,5-10H2,1-4H3. The maximum absolute atomic E-state index is 4.19. The Kier molecular flexibility index (Phi) is 6.08. The maximum atomic E-state index is 4.19. The van der Waals surface area contributed by atoms with Crippen LogP contribution in [0.4, 0.5) is 0 Å². The molecule has 0 aromatic heterocycles. The van der Waals surface area contributed by atoms with Crippen LogP contribution in [-0.4, -0.2) is 0 Å². The number of rotatable bonds is 7. The van der Waals surface area contributed by atoms with Gasteiger partial charge >= 0.3 is 0 Å². The third kappa shape index (κ3) is 4.09.